The van der Waals surface area contributed by atoms with Gasteiger partial charge in [0.2, 0.25) is 10.0 Å². The van der Waals surface area contributed by atoms with E-state index >= 15 is 0 Å². The topological polar surface area (TPSA) is 78.2 Å². The van der Waals surface area contributed by atoms with E-state index < -0.39 is 40.6 Å². The molecule has 13 heteroatoms. The molecule has 2 bridgehead atoms. The van der Waals surface area contributed by atoms with Crippen LogP contribution in [0.25, 0.3) is 5.52 Å². The highest BCUT2D eigenvalue weighted by Crippen LogP contribution is 2.45. The zero-order valence-corrected chi connectivity index (χ0v) is 23.9. The zero-order valence-electron chi connectivity index (χ0n) is 22.3. The number of fused-ring (bicyclic) bond motifs is 3. The molecule has 2 aromatic heterocycles. The van der Waals surface area contributed by atoms with E-state index in [1.165, 1.54) is 19.2 Å². The van der Waals surface area contributed by atoms with Crippen LogP contribution >= 0.6 is 11.6 Å². The monoisotopic (exact) mass is 607 g/mol. The van der Waals surface area contributed by atoms with Gasteiger partial charge in [-0.15, -0.1) is 0 Å². The van der Waals surface area contributed by atoms with Crippen LogP contribution in [0, 0.1) is 5.82 Å². The molecule has 0 spiro atoms. The molecule has 2 aliphatic heterocycles. The number of alkyl halides is 2. The number of hydrogen-bond donors (Lipinski definition) is 0. The predicted octanol–water partition coefficient (Wildman–Crippen LogP) is 4.92. The van der Waals surface area contributed by atoms with Crippen LogP contribution in [0.2, 0.25) is 5.02 Å². The summed E-state index contributed by atoms with van der Waals surface area (Å²) in [6.07, 6.45) is 4.30. The van der Waals surface area contributed by atoms with Crippen molar-refractivity contribution < 1.29 is 26.4 Å². The minimum Gasteiger partial charge on any atom is -0.348 e. The number of hydrogen-bond acceptors (Lipinski definition) is 5. The molecule has 4 fully saturated rings. The van der Waals surface area contributed by atoms with Gasteiger partial charge in [-0.1, -0.05) is 11.6 Å². The number of anilines is 1. The minimum atomic E-state index is -4.06. The van der Waals surface area contributed by atoms with Crippen molar-refractivity contribution in [2.75, 3.05) is 25.0 Å². The van der Waals surface area contributed by atoms with Crippen LogP contribution < -0.4 is 4.90 Å². The molecular formula is C28H29ClF3N5O3S. The first-order chi connectivity index (χ1) is 19.4. The number of piperazine rings is 1. The predicted molar refractivity (Wildman–Crippen MR) is 147 cm³/mol. The first kappa shape index (κ1) is 27.0. The van der Waals surface area contributed by atoms with Crippen molar-refractivity contribution in [2.45, 2.75) is 73.4 Å². The summed E-state index contributed by atoms with van der Waals surface area (Å²) < 4.78 is 71.2. The molecule has 0 N–H and O–H groups in total. The second kappa shape index (κ2) is 9.34. The molecule has 1 aromatic carbocycles. The van der Waals surface area contributed by atoms with Gasteiger partial charge in [-0.05, 0) is 56.0 Å². The van der Waals surface area contributed by atoms with E-state index in [1.54, 1.807) is 23.2 Å². The Bertz CT molecular complexity index is 1660. The quantitative estimate of drug-likeness (QED) is 0.398. The lowest BCUT2D eigenvalue weighted by Gasteiger charge is -2.43. The Hall–Kier alpha value is -2.83. The number of sulfonamides is 1. The number of amides is 1. The van der Waals surface area contributed by atoms with Crippen molar-refractivity contribution in [1.82, 2.24) is 18.6 Å². The van der Waals surface area contributed by atoms with Crippen molar-refractivity contribution in [2.24, 2.45) is 0 Å². The Morgan fingerprint density at radius 2 is 1.76 bits per heavy atom. The van der Waals surface area contributed by atoms with Gasteiger partial charge in [-0.2, -0.15) is 4.31 Å². The molecule has 218 valence electrons. The number of carbonyl (C=O) groups is 1. The van der Waals surface area contributed by atoms with Crippen LogP contribution in [-0.4, -0.2) is 77.1 Å². The van der Waals surface area contributed by atoms with Gasteiger partial charge >= 0.3 is 0 Å². The smallest absolute Gasteiger partial charge is 0.255 e. The van der Waals surface area contributed by atoms with Crippen LogP contribution in [0.5, 0.6) is 0 Å². The first-order valence-electron chi connectivity index (χ1n) is 13.8. The number of aromatic nitrogens is 2. The normalized spacial score (nSPS) is 24.3. The Labute approximate surface area is 240 Å². The Kier molecular flexibility index (Phi) is 6.16. The van der Waals surface area contributed by atoms with Crippen molar-refractivity contribution in [3.05, 3.63) is 58.8 Å². The molecule has 0 unspecified atom stereocenters. The number of imidazole rings is 1. The molecule has 2 saturated heterocycles. The highest BCUT2D eigenvalue weighted by molar-refractivity contribution is 7.89. The van der Waals surface area contributed by atoms with Gasteiger partial charge in [0.05, 0.1) is 27.2 Å². The first-order valence-corrected chi connectivity index (χ1v) is 15.6. The van der Waals surface area contributed by atoms with Gasteiger partial charge in [0.25, 0.3) is 11.8 Å². The summed E-state index contributed by atoms with van der Waals surface area (Å²) in [6, 6.07) is 6.02. The number of nitrogens with zero attached hydrogens (tertiary/aromatic N) is 5. The van der Waals surface area contributed by atoms with E-state index in [0.717, 1.165) is 41.9 Å². The number of benzene rings is 1. The van der Waals surface area contributed by atoms with Crippen molar-refractivity contribution in [3.8, 4) is 0 Å². The number of pyridine rings is 1. The average molecular weight is 608 g/mol. The maximum absolute atomic E-state index is 13.7. The van der Waals surface area contributed by atoms with Gasteiger partial charge in [-0.25, -0.2) is 26.6 Å². The number of carbonyl (C=O) groups excluding carboxylic acids is 1. The fraction of sp³-hybridized carbons (Fsp3) is 0.500. The molecule has 2 atom stereocenters. The van der Waals surface area contributed by atoms with Crippen molar-refractivity contribution in [3.63, 3.8) is 0 Å². The molecule has 41 heavy (non-hydrogen) atoms. The molecule has 4 aliphatic rings. The van der Waals surface area contributed by atoms with Crippen LogP contribution in [0.15, 0.2) is 41.4 Å². The highest BCUT2D eigenvalue weighted by atomic mass is 35.5. The summed E-state index contributed by atoms with van der Waals surface area (Å²) in [5, 5.41) is 0.0604. The van der Waals surface area contributed by atoms with Gasteiger partial charge in [-0.3, -0.25) is 9.20 Å². The van der Waals surface area contributed by atoms with Gasteiger partial charge in [0.15, 0.2) is 0 Å². The molecule has 7 rings (SSSR count). The third-order valence-corrected chi connectivity index (χ3v) is 11.2. The summed E-state index contributed by atoms with van der Waals surface area (Å²) >= 11 is 6.19. The maximum atomic E-state index is 13.7. The molecule has 1 amide bonds. The van der Waals surface area contributed by atoms with Crippen LogP contribution in [0.3, 0.4) is 0 Å². The Balaban J connectivity index is 1.25. The fourth-order valence-corrected chi connectivity index (χ4v) is 8.25. The van der Waals surface area contributed by atoms with Crippen molar-refractivity contribution in [1.29, 1.82) is 0 Å². The fourth-order valence-electron chi connectivity index (χ4n) is 6.60. The lowest BCUT2D eigenvalue weighted by Crippen LogP contribution is -2.56. The number of rotatable bonds is 6. The molecule has 4 heterocycles. The lowest BCUT2D eigenvalue weighted by atomic mass is 9.88. The number of halogens is 4. The molecule has 2 saturated carbocycles. The molecule has 0 radical (unpaired) electrons. The highest BCUT2D eigenvalue weighted by Gasteiger charge is 2.50. The third-order valence-electron chi connectivity index (χ3n) is 9.00. The van der Waals surface area contributed by atoms with E-state index in [2.05, 4.69) is 9.88 Å². The van der Waals surface area contributed by atoms with Gasteiger partial charge < -0.3 is 9.80 Å². The molecular weight excluding hydrogens is 579 g/mol. The van der Waals surface area contributed by atoms with Crippen LogP contribution in [0.4, 0.5) is 19.0 Å². The van der Waals surface area contributed by atoms with E-state index in [4.69, 9.17) is 11.6 Å². The SMILES string of the molecule is CN(C1CC(F)(F)C1)S(=O)(=O)c1cc(N2[C@@H]3CC[C@H]2CN(C(=O)c2ccc(F)cc2Cl)C3)n2c(C3CC3)ncc2c1. The summed E-state index contributed by atoms with van der Waals surface area (Å²) in [7, 11) is -2.70. The van der Waals surface area contributed by atoms with Crippen LogP contribution in [-0.2, 0) is 10.0 Å². The second-order valence-corrected chi connectivity index (χ2v) is 14.2. The second-order valence-electron chi connectivity index (χ2n) is 11.8. The van der Waals surface area contributed by atoms with E-state index in [9.17, 15) is 26.4 Å². The third kappa shape index (κ3) is 4.49. The Morgan fingerprint density at radius 1 is 1.07 bits per heavy atom. The number of likely N-dealkylation sites (tertiary alicyclic amines) is 1. The maximum Gasteiger partial charge on any atom is 0.255 e. The van der Waals surface area contributed by atoms with Gasteiger partial charge in [0, 0.05) is 57.0 Å². The minimum absolute atomic E-state index is 0.0379. The lowest BCUT2D eigenvalue weighted by molar-refractivity contribution is -0.106. The van der Waals surface area contributed by atoms with E-state index in [0.29, 0.717) is 30.3 Å². The van der Waals surface area contributed by atoms with Crippen molar-refractivity contribution >= 4 is 38.9 Å². The van der Waals surface area contributed by atoms with Crippen LogP contribution in [0.1, 0.15) is 60.6 Å². The summed E-state index contributed by atoms with van der Waals surface area (Å²) in [4.78, 5) is 22.0. The van der Waals surface area contributed by atoms with Gasteiger partial charge in [0.1, 0.15) is 17.5 Å². The van der Waals surface area contributed by atoms with E-state index in [-0.39, 0.29) is 33.5 Å². The Morgan fingerprint density at radius 3 is 2.37 bits per heavy atom. The summed E-state index contributed by atoms with van der Waals surface area (Å²) in [5.74, 6) is -1.77. The molecule has 3 aromatic rings. The summed E-state index contributed by atoms with van der Waals surface area (Å²) in [5.41, 5.74) is 0.873. The zero-order chi connectivity index (χ0) is 28.8. The largest absolute Gasteiger partial charge is 0.348 e. The average Bonchev–Trinajstić information content (AvgIpc) is 3.61. The molecule has 8 nitrogen and oxygen atoms in total. The van der Waals surface area contributed by atoms with E-state index in [1.807, 2.05) is 4.40 Å². The standard InChI is InChI=1S/C28H29ClF3N5O3S/c1-34(21-11-28(31,32)12-21)41(39,40)22-9-20-13-33-26(16-2-3-16)37(20)25(10-22)36-18-5-6-19(36)15-35(14-18)27(38)23-7-4-17(30)8-24(23)29/h4,7-10,13,16,18-19,21H,2-3,5-6,11-12,14-15H2,1H3/t18-,19+. The summed E-state index contributed by atoms with van der Waals surface area (Å²) in [6.45, 7) is 0.790. The molecule has 2 aliphatic carbocycles.